The quantitative estimate of drug-likeness (QED) is 0.723. The van der Waals surface area contributed by atoms with Crippen molar-refractivity contribution in [1.82, 2.24) is 4.90 Å². The van der Waals surface area contributed by atoms with Gasteiger partial charge in [-0.1, -0.05) is 20.8 Å². The molecule has 5 heteroatoms. The number of piperidine rings is 1. The van der Waals surface area contributed by atoms with Crippen LogP contribution in [0.15, 0.2) is 0 Å². The van der Waals surface area contributed by atoms with Crippen molar-refractivity contribution in [2.24, 2.45) is 11.3 Å². The van der Waals surface area contributed by atoms with Gasteiger partial charge < -0.3 is 9.64 Å². The molecule has 2 aliphatic rings. The minimum Gasteiger partial charge on any atom is -0.384 e. The van der Waals surface area contributed by atoms with E-state index in [1.807, 2.05) is 0 Å². The lowest BCUT2D eigenvalue weighted by Gasteiger charge is -2.43. The fourth-order valence-electron chi connectivity index (χ4n) is 3.39. The van der Waals surface area contributed by atoms with Crippen molar-refractivity contribution < 1.29 is 18.3 Å². The summed E-state index contributed by atoms with van der Waals surface area (Å²) in [5, 5.41) is 0. The fourth-order valence-corrected chi connectivity index (χ4v) is 3.39. The monoisotopic (exact) mass is 275 g/mol. The highest BCUT2D eigenvalue weighted by atomic mass is 19.3. The van der Waals surface area contributed by atoms with E-state index in [-0.39, 0.29) is 17.5 Å². The highest BCUT2D eigenvalue weighted by molar-refractivity contribution is 5.69. The molecule has 110 valence electrons. The molecular weight excluding hydrogens is 252 g/mol. The molecule has 2 aliphatic heterocycles. The number of halogens is 2. The van der Waals surface area contributed by atoms with Gasteiger partial charge in [0.05, 0.1) is 0 Å². The molecule has 0 spiro atoms. The second kappa shape index (κ2) is 4.60. The fraction of sp³-hybridized carbons (Fsp3) is 0.929. The van der Waals surface area contributed by atoms with Crippen molar-refractivity contribution in [3.8, 4) is 0 Å². The molecule has 0 radical (unpaired) electrons. The van der Waals surface area contributed by atoms with Crippen molar-refractivity contribution in [2.45, 2.75) is 71.6 Å². The maximum absolute atomic E-state index is 12.8. The van der Waals surface area contributed by atoms with Crippen LogP contribution in [0.4, 0.5) is 13.6 Å². The van der Waals surface area contributed by atoms with Gasteiger partial charge in [-0.05, 0) is 37.0 Å². The van der Waals surface area contributed by atoms with Crippen LogP contribution in [-0.4, -0.2) is 29.2 Å². The predicted octanol–water partition coefficient (Wildman–Crippen LogP) is 4.02. The molecule has 2 atom stereocenters. The molecule has 2 fully saturated rings. The average Bonchev–Trinajstić information content (AvgIpc) is 2.45. The summed E-state index contributed by atoms with van der Waals surface area (Å²) in [6.45, 7) is 7.20. The molecule has 0 saturated carbocycles. The van der Waals surface area contributed by atoms with Crippen molar-refractivity contribution in [1.29, 1.82) is 0 Å². The number of carbonyl (C=O) groups is 1. The summed E-state index contributed by atoms with van der Waals surface area (Å²) < 4.78 is 29.8. The second-order valence-corrected chi connectivity index (χ2v) is 7.00. The van der Waals surface area contributed by atoms with Crippen molar-refractivity contribution in [2.75, 3.05) is 0 Å². The molecule has 0 aromatic carbocycles. The van der Waals surface area contributed by atoms with Crippen LogP contribution < -0.4 is 0 Å². The molecule has 0 N–H and O–H groups in total. The molecule has 2 unspecified atom stereocenters. The summed E-state index contributed by atoms with van der Waals surface area (Å²) in [5.74, 6) is 0.538. The molecular formula is C14H23F2NO2. The summed E-state index contributed by atoms with van der Waals surface area (Å²) in [4.78, 5) is 13.4. The van der Waals surface area contributed by atoms with E-state index in [0.29, 0.717) is 12.8 Å². The summed E-state index contributed by atoms with van der Waals surface area (Å²) in [6, 6.07) is 0.135. The molecule has 0 aliphatic carbocycles. The number of hydrogen-bond acceptors (Lipinski definition) is 2. The molecule has 2 heterocycles. The Morgan fingerprint density at radius 1 is 1.11 bits per heavy atom. The van der Waals surface area contributed by atoms with E-state index in [4.69, 9.17) is 0 Å². The van der Waals surface area contributed by atoms with Gasteiger partial charge in [0.2, 0.25) is 0 Å². The number of fused-ring (bicyclic) bond motifs is 2. The van der Waals surface area contributed by atoms with E-state index in [1.165, 1.54) is 0 Å². The molecule has 19 heavy (non-hydrogen) atoms. The van der Waals surface area contributed by atoms with Crippen molar-refractivity contribution in [3.63, 3.8) is 0 Å². The highest BCUT2D eigenvalue weighted by Crippen LogP contribution is 2.45. The van der Waals surface area contributed by atoms with Gasteiger partial charge in [-0.15, -0.1) is 0 Å². The third-order valence-corrected chi connectivity index (χ3v) is 4.44. The normalized spacial score (nSPS) is 31.5. The Labute approximate surface area is 113 Å². The zero-order valence-corrected chi connectivity index (χ0v) is 12.1. The Morgan fingerprint density at radius 2 is 1.58 bits per heavy atom. The summed E-state index contributed by atoms with van der Waals surface area (Å²) in [6.07, 6.45) is -0.650. The Bertz CT molecular complexity index is 345. The molecule has 2 bridgehead atoms. The van der Waals surface area contributed by atoms with Gasteiger partial charge in [-0.25, -0.2) is 4.79 Å². The molecule has 3 nitrogen and oxygen atoms in total. The van der Waals surface area contributed by atoms with Crippen LogP contribution in [0.3, 0.4) is 0 Å². The molecule has 2 rings (SSSR count). The largest absolute Gasteiger partial charge is 0.414 e. The van der Waals surface area contributed by atoms with Crippen LogP contribution in [0.2, 0.25) is 0 Å². The van der Waals surface area contributed by atoms with Crippen LogP contribution >= 0.6 is 0 Å². The Kier molecular flexibility index (Phi) is 3.52. The number of rotatable bonds is 1. The van der Waals surface area contributed by atoms with E-state index in [2.05, 4.69) is 25.5 Å². The van der Waals surface area contributed by atoms with Crippen LogP contribution in [0, 0.1) is 11.3 Å². The number of hydrogen-bond donors (Lipinski definition) is 0. The van der Waals surface area contributed by atoms with Crippen LogP contribution in [0.1, 0.15) is 53.4 Å². The Hall–Kier alpha value is -0.870. The summed E-state index contributed by atoms with van der Waals surface area (Å²) >= 11 is 0. The van der Waals surface area contributed by atoms with Crippen LogP contribution in [-0.2, 0) is 4.74 Å². The topological polar surface area (TPSA) is 29.5 Å². The zero-order valence-electron chi connectivity index (χ0n) is 12.1. The third-order valence-electron chi connectivity index (χ3n) is 4.44. The Morgan fingerprint density at radius 3 is 1.95 bits per heavy atom. The number of carbonyl (C=O) groups excluding carboxylic acids is 1. The second-order valence-electron chi connectivity index (χ2n) is 7.00. The van der Waals surface area contributed by atoms with Gasteiger partial charge in [-0.2, -0.15) is 8.78 Å². The van der Waals surface area contributed by atoms with Gasteiger partial charge in [0, 0.05) is 19.0 Å². The van der Waals surface area contributed by atoms with Gasteiger partial charge in [0.1, 0.15) is 0 Å². The molecule has 2 saturated heterocycles. The smallest absolute Gasteiger partial charge is 0.384 e. The standard InChI is InChI=1S/C14H23F2NO2/c1-13(2,3)9-7-10-5-6-11(8-9)17(10)12(18)19-14(4,15)16/h9-11H,5-8H2,1-4H3. The number of amides is 1. The van der Waals surface area contributed by atoms with Gasteiger partial charge in [-0.3, -0.25) is 0 Å². The number of alkyl halides is 2. The lowest BCUT2D eigenvalue weighted by Crippen LogP contribution is -2.50. The zero-order chi connectivity index (χ0) is 14.4. The van der Waals surface area contributed by atoms with Gasteiger partial charge >= 0.3 is 12.2 Å². The lowest BCUT2D eigenvalue weighted by molar-refractivity contribution is -0.191. The van der Waals surface area contributed by atoms with Crippen molar-refractivity contribution in [3.05, 3.63) is 0 Å². The SMILES string of the molecule is CC(F)(F)OC(=O)N1C2CCC1CC(C(C)(C)C)C2. The van der Waals surface area contributed by atoms with E-state index in [1.54, 1.807) is 4.90 Å². The first-order valence-electron chi connectivity index (χ1n) is 6.97. The first-order valence-corrected chi connectivity index (χ1v) is 6.97. The highest BCUT2D eigenvalue weighted by Gasteiger charge is 2.47. The first-order chi connectivity index (χ1) is 8.58. The predicted molar refractivity (Wildman–Crippen MR) is 67.9 cm³/mol. The summed E-state index contributed by atoms with van der Waals surface area (Å²) in [7, 11) is 0. The molecule has 0 aromatic heterocycles. The maximum atomic E-state index is 12.8. The minimum absolute atomic E-state index is 0.0674. The van der Waals surface area contributed by atoms with Gasteiger partial charge in [0.15, 0.2) is 0 Å². The molecule has 0 aromatic rings. The average molecular weight is 275 g/mol. The van der Waals surface area contributed by atoms with Crippen LogP contribution in [0.25, 0.3) is 0 Å². The maximum Gasteiger partial charge on any atom is 0.414 e. The van der Waals surface area contributed by atoms with Crippen molar-refractivity contribution >= 4 is 6.09 Å². The van der Waals surface area contributed by atoms with E-state index in [9.17, 15) is 13.6 Å². The Balaban J connectivity index is 2.05. The molecule has 1 amide bonds. The summed E-state index contributed by atoms with van der Waals surface area (Å²) in [5.41, 5.74) is 0.200. The third kappa shape index (κ3) is 3.18. The number of ether oxygens (including phenoxy) is 1. The lowest BCUT2D eigenvalue weighted by atomic mass is 9.73. The van der Waals surface area contributed by atoms with Gasteiger partial charge in [0.25, 0.3) is 0 Å². The van der Waals surface area contributed by atoms with Crippen LogP contribution in [0.5, 0.6) is 0 Å². The first kappa shape index (κ1) is 14.5. The minimum atomic E-state index is -3.39. The van der Waals surface area contributed by atoms with E-state index in [0.717, 1.165) is 25.7 Å². The van der Waals surface area contributed by atoms with E-state index < -0.39 is 12.2 Å². The van der Waals surface area contributed by atoms with E-state index >= 15 is 0 Å². The number of nitrogens with zero attached hydrogens (tertiary/aromatic N) is 1.